The number of carbonyl (C=O) groups excluding carboxylic acids is 4. The zero-order valence-corrected chi connectivity index (χ0v) is 19.1. The minimum absolute atomic E-state index is 0.236. The number of hydrogen-bond donors (Lipinski definition) is 0. The topological polar surface area (TPSA) is 120 Å². The average molecular weight is 486 g/mol. The highest BCUT2D eigenvalue weighted by Gasteiger charge is 2.78. The molecule has 36 heavy (non-hydrogen) atoms. The van der Waals surface area contributed by atoms with Gasteiger partial charge in [0.15, 0.2) is 12.2 Å². The first-order chi connectivity index (χ1) is 17.5. The van der Waals surface area contributed by atoms with E-state index in [-0.39, 0.29) is 6.42 Å². The first-order valence-corrected chi connectivity index (χ1v) is 11.9. The molecule has 5 atom stereocenters. The second-order valence-corrected chi connectivity index (χ2v) is 9.32. The minimum Gasteiger partial charge on any atom is -0.273 e. The Balaban J connectivity index is 1.42. The van der Waals surface area contributed by atoms with Gasteiger partial charge in [-0.2, -0.15) is 5.26 Å². The quantitative estimate of drug-likeness (QED) is 0.450. The summed E-state index contributed by atoms with van der Waals surface area (Å²) in [6.45, 7) is 0. The molecular formula is C26H22N4O6. The Morgan fingerprint density at radius 3 is 1.64 bits per heavy atom. The zero-order valence-electron chi connectivity index (χ0n) is 19.1. The molecule has 4 fully saturated rings. The summed E-state index contributed by atoms with van der Waals surface area (Å²) < 4.78 is 0. The number of anilines is 2. The molecule has 0 aliphatic carbocycles. The molecule has 4 aliphatic heterocycles. The van der Waals surface area contributed by atoms with Crippen LogP contribution in [0.5, 0.6) is 0 Å². The van der Waals surface area contributed by atoms with Gasteiger partial charge in [0.25, 0.3) is 11.8 Å². The summed E-state index contributed by atoms with van der Waals surface area (Å²) in [5.41, 5.74) is -0.545. The largest absolute Gasteiger partial charge is 0.273 e. The number of imide groups is 2. The fraction of sp³-hybridized carbons (Fsp3) is 0.346. The number of nitriles is 1. The van der Waals surface area contributed by atoms with Crippen LogP contribution in [0.4, 0.5) is 11.4 Å². The van der Waals surface area contributed by atoms with Crippen LogP contribution in [0.2, 0.25) is 0 Å². The van der Waals surface area contributed by atoms with E-state index < -0.39 is 53.2 Å². The number of para-hydroxylation sites is 2. The van der Waals surface area contributed by atoms with E-state index in [1.807, 2.05) is 0 Å². The van der Waals surface area contributed by atoms with Crippen molar-refractivity contribution in [3.8, 4) is 6.07 Å². The van der Waals surface area contributed by atoms with Crippen LogP contribution in [-0.4, -0.2) is 46.6 Å². The molecule has 2 aromatic rings. The predicted molar refractivity (Wildman–Crippen MR) is 123 cm³/mol. The molecule has 0 spiro atoms. The van der Waals surface area contributed by atoms with Crippen molar-refractivity contribution in [2.75, 3.05) is 9.80 Å². The fourth-order valence-electron chi connectivity index (χ4n) is 5.98. The van der Waals surface area contributed by atoms with E-state index in [1.165, 1.54) is 0 Å². The first-order valence-electron chi connectivity index (χ1n) is 11.9. The lowest BCUT2D eigenvalue weighted by Gasteiger charge is -2.35. The summed E-state index contributed by atoms with van der Waals surface area (Å²) in [6.07, 6.45) is -0.822. The van der Waals surface area contributed by atoms with E-state index in [1.54, 1.807) is 60.7 Å². The van der Waals surface area contributed by atoms with Crippen LogP contribution in [0.3, 0.4) is 0 Å². The van der Waals surface area contributed by atoms with Crippen molar-refractivity contribution in [3.63, 3.8) is 0 Å². The number of hydrogen-bond acceptors (Lipinski definition) is 8. The van der Waals surface area contributed by atoms with Crippen molar-refractivity contribution in [2.24, 2.45) is 11.8 Å². The summed E-state index contributed by atoms with van der Waals surface area (Å²) in [5.74, 6) is -4.18. The molecule has 4 heterocycles. The van der Waals surface area contributed by atoms with E-state index in [9.17, 15) is 19.2 Å². The number of rotatable bonds is 6. The predicted octanol–water partition coefficient (Wildman–Crippen LogP) is 2.12. The van der Waals surface area contributed by atoms with Crippen LogP contribution in [-0.2, 0) is 28.9 Å². The van der Waals surface area contributed by atoms with Gasteiger partial charge in [0.05, 0.1) is 17.4 Å². The highest BCUT2D eigenvalue weighted by atomic mass is 17.0. The van der Waals surface area contributed by atoms with Gasteiger partial charge in [0.2, 0.25) is 11.8 Å². The molecule has 0 bridgehead atoms. The average Bonchev–Trinajstić information content (AvgIpc) is 3.53. The molecule has 4 saturated heterocycles. The second kappa shape index (κ2) is 8.34. The third-order valence-electron chi connectivity index (χ3n) is 7.49. The summed E-state index contributed by atoms with van der Waals surface area (Å²) in [4.78, 5) is 68.4. The van der Waals surface area contributed by atoms with E-state index in [4.69, 9.17) is 14.9 Å². The fourth-order valence-corrected chi connectivity index (χ4v) is 5.98. The van der Waals surface area contributed by atoms with Crippen molar-refractivity contribution in [1.29, 1.82) is 5.26 Å². The normalized spacial score (nSPS) is 31.1. The van der Waals surface area contributed by atoms with Crippen LogP contribution in [0.15, 0.2) is 60.7 Å². The molecule has 10 heteroatoms. The molecular weight excluding hydrogens is 464 g/mol. The van der Waals surface area contributed by atoms with Crippen LogP contribution in [0.25, 0.3) is 0 Å². The Labute approximate surface area is 206 Å². The number of carbonyl (C=O) groups is 4. The van der Waals surface area contributed by atoms with E-state index in [0.717, 1.165) is 15.0 Å². The van der Waals surface area contributed by atoms with Crippen molar-refractivity contribution >= 4 is 35.0 Å². The maximum absolute atomic E-state index is 13.8. The Morgan fingerprint density at radius 1 is 0.722 bits per heavy atom. The van der Waals surface area contributed by atoms with Crippen molar-refractivity contribution in [1.82, 2.24) is 5.23 Å². The highest BCUT2D eigenvalue weighted by molar-refractivity contribution is 6.26. The molecule has 2 aromatic carbocycles. The van der Waals surface area contributed by atoms with Crippen molar-refractivity contribution in [2.45, 2.75) is 43.4 Å². The molecule has 0 radical (unpaired) electrons. The summed E-state index contributed by atoms with van der Waals surface area (Å²) in [5, 5.41) is 10.1. The van der Waals surface area contributed by atoms with Gasteiger partial charge in [-0.15, -0.1) is 0 Å². The van der Waals surface area contributed by atoms with E-state index >= 15 is 0 Å². The monoisotopic (exact) mass is 486 g/mol. The Kier molecular flexibility index (Phi) is 5.22. The lowest BCUT2D eigenvalue weighted by atomic mass is 9.69. The Hall–Kier alpha value is -3.91. The van der Waals surface area contributed by atoms with Crippen LogP contribution < -0.4 is 9.80 Å². The molecule has 182 valence electrons. The van der Waals surface area contributed by atoms with Gasteiger partial charge < -0.3 is 0 Å². The minimum atomic E-state index is -1.36. The smallest absolute Gasteiger partial charge is 0.266 e. The SMILES string of the molecule is N#CCCCCC12[C@@H]3C(=O)N(c4ccccc4)C(=O)[C@@H]3ON1O[C@H]1C(=O)N(c3ccccc3)C(=O)[C@@H]12. The number of unbranched alkanes of at least 4 members (excludes halogenated alkanes) is 2. The number of fused-ring (bicyclic) bond motifs is 5. The number of amides is 4. The number of benzene rings is 2. The van der Waals surface area contributed by atoms with Gasteiger partial charge in [-0.3, -0.25) is 28.9 Å². The van der Waals surface area contributed by atoms with Gasteiger partial charge in [-0.05, 0) is 37.1 Å². The third-order valence-corrected chi connectivity index (χ3v) is 7.49. The second-order valence-electron chi connectivity index (χ2n) is 9.32. The van der Waals surface area contributed by atoms with E-state index in [0.29, 0.717) is 30.6 Å². The third kappa shape index (κ3) is 2.94. The molecule has 6 rings (SSSR count). The van der Waals surface area contributed by atoms with Gasteiger partial charge in [-0.1, -0.05) is 48.0 Å². The highest BCUT2D eigenvalue weighted by Crippen LogP contribution is 2.58. The maximum Gasteiger partial charge on any atom is 0.266 e. The van der Waals surface area contributed by atoms with Gasteiger partial charge in [0.1, 0.15) is 17.4 Å². The molecule has 1 unspecified atom stereocenters. The van der Waals surface area contributed by atoms with Gasteiger partial charge >= 0.3 is 0 Å². The molecule has 4 amide bonds. The van der Waals surface area contributed by atoms with Crippen LogP contribution >= 0.6 is 0 Å². The molecule has 0 aromatic heterocycles. The standard InChI is InChI=1S/C26H22N4O6/c27-15-9-3-8-14-26-18-20(24(33)28(22(18)31)16-10-4-1-5-11-16)35-30(26)36-21-19(26)23(32)29(25(21)34)17-12-6-2-7-13-17/h1-2,4-7,10-13,18-21H,3,8-9,14H2/t18-,19+,20-,21-,26?/m1/s1. The molecule has 0 saturated carbocycles. The van der Waals surface area contributed by atoms with Gasteiger partial charge in [-0.25, -0.2) is 9.80 Å². The van der Waals surface area contributed by atoms with Gasteiger partial charge in [0, 0.05) is 6.42 Å². The number of hydroxylamine groups is 2. The lowest BCUT2D eigenvalue weighted by Crippen LogP contribution is -2.54. The van der Waals surface area contributed by atoms with E-state index in [2.05, 4.69) is 6.07 Å². The van der Waals surface area contributed by atoms with Crippen molar-refractivity contribution in [3.05, 3.63) is 60.7 Å². The zero-order chi connectivity index (χ0) is 25.0. The Morgan fingerprint density at radius 2 is 1.19 bits per heavy atom. The van der Waals surface area contributed by atoms with Crippen molar-refractivity contribution < 1.29 is 28.9 Å². The van der Waals surface area contributed by atoms with Crippen LogP contribution in [0.1, 0.15) is 25.7 Å². The molecule has 10 nitrogen and oxygen atoms in total. The lowest BCUT2D eigenvalue weighted by molar-refractivity contribution is -0.364. The summed E-state index contributed by atoms with van der Waals surface area (Å²) >= 11 is 0. The summed E-state index contributed by atoms with van der Waals surface area (Å²) in [7, 11) is 0. The number of nitrogens with zero attached hydrogens (tertiary/aromatic N) is 4. The maximum atomic E-state index is 13.8. The molecule has 4 aliphatic rings. The first kappa shape index (κ1) is 22.5. The Bertz CT molecular complexity index is 1210. The van der Waals surface area contributed by atoms with Crippen LogP contribution in [0, 0.1) is 23.2 Å². The molecule has 0 N–H and O–H groups in total. The summed E-state index contributed by atoms with van der Waals surface area (Å²) in [6, 6.07) is 19.2.